The molecule has 0 spiro atoms. The highest BCUT2D eigenvalue weighted by molar-refractivity contribution is 6.44. The third-order valence-corrected chi connectivity index (χ3v) is 6.12. The summed E-state index contributed by atoms with van der Waals surface area (Å²) in [5.41, 5.74) is 3.00. The van der Waals surface area contributed by atoms with Gasteiger partial charge in [0.2, 0.25) is 5.96 Å². The van der Waals surface area contributed by atoms with Crippen molar-refractivity contribution in [2.75, 3.05) is 11.6 Å². The average Bonchev–Trinajstić information content (AvgIpc) is 3.29. The summed E-state index contributed by atoms with van der Waals surface area (Å²) in [5.74, 6) is -0.184. The second kappa shape index (κ2) is 9.79. The molecule has 1 unspecified atom stereocenters. The summed E-state index contributed by atoms with van der Waals surface area (Å²) in [5, 5.41) is 6.84. The minimum Gasteiger partial charge on any atom is -0.463 e. The third kappa shape index (κ3) is 4.18. The maximum absolute atomic E-state index is 13.5. The van der Waals surface area contributed by atoms with Gasteiger partial charge in [0.1, 0.15) is 0 Å². The van der Waals surface area contributed by atoms with Crippen molar-refractivity contribution < 1.29 is 14.3 Å². The topological polar surface area (TPSA) is 74.6 Å². The quantitative estimate of drug-likeness (QED) is 0.422. The number of fused-ring (bicyclic) bond motifs is 1. The summed E-state index contributed by atoms with van der Waals surface area (Å²) < 4.78 is 5.51. The van der Waals surface area contributed by atoms with Crippen LogP contribution in [0.15, 0.2) is 101 Å². The summed E-state index contributed by atoms with van der Waals surface area (Å²) in [6.45, 7) is 3.40. The van der Waals surface area contributed by atoms with Gasteiger partial charge in [0.05, 0.1) is 29.6 Å². The lowest BCUT2D eigenvalue weighted by Gasteiger charge is -2.36. The number of hydrogen-bond acceptors (Lipinski definition) is 7. The molecule has 36 heavy (non-hydrogen) atoms. The summed E-state index contributed by atoms with van der Waals surface area (Å²) in [4.78, 5) is 33.0. The van der Waals surface area contributed by atoms with Gasteiger partial charge in [-0.3, -0.25) is 9.69 Å². The van der Waals surface area contributed by atoms with Crippen molar-refractivity contribution in [1.29, 1.82) is 0 Å². The Hall–Kier alpha value is -4.23. The van der Waals surface area contributed by atoms with E-state index in [1.54, 1.807) is 29.0 Å². The second-order valence-electron chi connectivity index (χ2n) is 8.21. The number of anilines is 1. The number of amidine groups is 1. The van der Waals surface area contributed by atoms with E-state index in [0.29, 0.717) is 22.3 Å². The molecule has 180 valence electrons. The number of guanidine groups is 1. The van der Waals surface area contributed by atoms with Crippen molar-refractivity contribution in [3.05, 3.63) is 107 Å². The highest BCUT2D eigenvalue weighted by Crippen LogP contribution is 2.43. The Kier molecular flexibility index (Phi) is 6.40. The van der Waals surface area contributed by atoms with Crippen molar-refractivity contribution >= 4 is 46.5 Å². The van der Waals surface area contributed by atoms with Crippen LogP contribution in [0.25, 0.3) is 5.70 Å². The van der Waals surface area contributed by atoms with Gasteiger partial charge in [0.15, 0.2) is 11.6 Å². The number of rotatable bonds is 6. The molecule has 0 N–H and O–H groups in total. The van der Waals surface area contributed by atoms with E-state index in [1.807, 2.05) is 72.8 Å². The van der Waals surface area contributed by atoms with Crippen molar-refractivity contribution in [3.63, 3.8) is 0 Å². The highest BCUT2D eigenvalue weighted by atomic mass is 35.5. The molecule has 0 saturated carbocycles. The third-order valence-electron chi connectivity index (χ3n) is 5.87. The fraction of sp³-hybridized carbons (Fsp3) is 0.143. The zero-order valence-electron chi connectivity index (χ0n) is 19.8. The first kappa shape index (κ1) is 23.5. The van der Waals surface area contributed by atoms with E-state index in [4.69, 9.17) is 21.3 Å². The molecule has 5 rings (SSSR count). The number of aliphatic imine (C=N–C) groups is 1. The molecule has 0 radical (unpaired) electrons. The zero-order chi connectivity index (χ0) is 25.2. The molecule has 2 heterocycles. The molecular formula is C28H23ClN4O3. The van der Waals surface area contributed by atoms with Crippen LogP contribution in [0.3, 0.4) is 0 Å². The second-order valence-corrected chi connectivity index (χ2v) is 8.65. The Morgan fingerprint density at radius 3 is 2.19 bits per heavy atom. The van der Waals surface area contributed by atoms with Gasteiger partial charge < -0.3 is 4.74 Å². The molecule has 0 aliphatic carbocycles. The highest BCUT2D eigenvalue weighted by Gasteiger charge is 2.46. The van der Waals surface area contributed by atoms with Crippen LogP contribution in [-0.2, 0) is 14.3 Å². The molecule has 0 saturated heterocycles. The van der Waals surface area contributed by atoms with Crippen molar-refractivity contribution in [2.24, 2.45) is 10.1 Å². The van der Waals surface area contributed by atoms with Crippen LogP contribution < -0.4 is 5.01 Å². The number of para-hydroxylation sites is 1. The number of hydrogen-bond donors (Lipinski definition) is 0. The van der Waals surface area contributed by atoms with Gasteiger partial charge in [-0.1, -0.05) is 72.3 Å². The molecule has 3 aromatic carbocycles. The smallest absolute Gasteiger partial charge is 0.338 e. The van der Waals surface area contributed by atoms with E-state index < -0.39 is 12.0 Å². The summed E-state index contributed by atoms with van der Waals surface area (Å²) in [6.07, 6.45) is 0. The molecule has 8 heteroatoms. The summed E-state index contributed by atoms with van der Waals surface area (Å²) in [6, 6.07) is 25.4. The van der Waals surface area contributed by atoms with Crippen LogP contribution in [0.1, 0.15) is 31.0 Å². The van der Waals surface area contributed by atoms with Gasteiger partial charge in [-0.05, 0) is 36.8 Å². The molecule has 0 bridgehead atoms. The van der Waals surface area contributed by atoms with Crippen LogP contribution in [0, 0.1) is 0 Å². The van der Waals surface area contributed by atoms with E-state index in [-0.39, 0.29) is 18.2 Å². The Bertz CT molecular complexity index is 1400. The van der Waals surface area contributed by atoms with Gasteiger partial charge in [0, 0.05) is 17.5 Å². The van der Waals surface area contributed by atoms with E-state index in [2.05, 4.69) is 5.10 Å². The first-order chi connectivity index (χ1) is 17.5. The monoisotopic (exact) mass is 498 g/mol. The zero-order valence-corrected chi connectivity index (χ0v) is 20.5. The van der Waals surface area contributed by atoms with Crippen LogP contribution in [0.2, 0.25) is 5.02 Å². The van der Waals surface area contributed by atoms with E-state index in [1.165, 1.54) is 6.92 Å². The molecule has 0 fully saturated rings. The van der Waals surface area contributed by atoms with E-state index >= 15 is 0 Å². The maximum Gasteiger partial charge on any atom is 0.338 e. The van der Waals surface area contributed by atoms with Crippen LogP contribution >= 0.6 is 11.6 Å². The number of benzene rings is 3. The Morgan fingerprint density at radius 2 is 1.58 bits per heavy atom. The van der Waals surface area contributed by atoms with Gasteiger partial charge >= 0.3 is 5.97 Å². The first-order valence-electron chi connectivity index (χ1n) is 11.5. The molecular weight excluding hydrogens is 476 g/mol. The van der Waals surface area contributed by atoms with Crippen LogP contribution in [0.4, 0.5) is 5.69 Å². The summed E-state index contributed by atoms with van der Waals surface area (Å²) in [7, 11) is 0. The lowest BCUT2D eigenvalue weighted by molar-refractivity contribution is -0.139. The summed E-state index contributed by atoms with van der Waals surface area (Å²) >= 11 is 6.19. The van der Waals surface area contributed by atoms with Gasteiger partial charge in [-0.15, -0.1) is 5.10 Å². The normalized spacial score (nSPS) is 16.9. The van der Waals surface area contributed by atoms with E-state index in [9.17, 15) is 9.59 Å². The molecule has 7 nitrogen and oxygen atoms in total. The molecule has 0 amide bonds. The number of ether oxygens (including phenoxy) is 1. The number of ketones is 1. The average molecular weight is 499 g/mol. The fourth-order valence-corrected chi connectivity index (χ4v) is 4.44. The Balaban J connectivity index is 1.82. The lowest BCUT2D eigenvalue weighted by Crippen LogP contribution is -2.46. The maximum atomic E-state index is 13.5. The Labute approximate surface area is 214 Å². The number of Topliss-reactive ketones (excluding diaryl/α,β-unsaturated/α-hetero) is 1. The first-order valence-corrected chi connectivity index (χ1v) is 11.9. The number of carbonyl (C=O) groups excluding carboxylic acids is 2. The number of carbonyl (C=O) groups is 2. The number of esters is 1. The van der Waals surface area contributed by atoms with Gasteiger partial charge in [-0.25, -0.2) is 9.79 Å². The molecule has 2 aliphatic rings. The van der Waals surface area contributed by atoms with Crippen LogP contribution in [0.5, 0.6) is 0 Å². The fourth-order valence-electron chi connectivity index (χ4n) is 4.32. The number of nitrogens with zero attached hydrogens (tertiary/aromatic N) is 4. The predicted octanol–water partition coefficient (Wildman–Crippen LogP) is 5.45. The van der Waals surface area contributed by atoms with Gasteiger partial charge in [0.25, 0.3) is 0 Å². The number of hydrazone groups is 1. The van der Waals surface area contributed by atoms with E-state index in [0.717, 1.165) is 16.8 Å². The van der Waals surface area contributed by atoms with Crippen molar-refractivity contribution in [2.45, 2.75) is 19.9 Å². The largest absolute Gasteiger partial charge is 0.463 e. The van der Waals surface area contributed by atoms with Crippen molar-refractivity contribution in [3.8, 4) is 0 Å². The number of halogens is 1. The lowest BCUT2D eigenvalue weighted by atomic mass is 9.91. The molecule has 3 aromatic rings. The molecule has 1 atom stereocenters. The molecule has 2 aliphatic heterocycles. The van der Waals surface area contributed by atoms with Gasteiger partial charge in [-0.2, -0.15) is 5.01 Å². The standard InChI is InChI=1S/C28H23ClN4O3/c1-3-36-27(35)23-24(19-10-6-4-7-11-19)30-28-32(25(23)20-14-16-21(29)17-15-20)26(18(2)34)31-33(28)22-12-8-5-9-13-22/h4-17,25H,3H2,1-2H3. The minimum atomic E-state index is -0.722. The SMILES string of the molecule is CCOC(=O)C1=C(c2ccccc2)N=C2N(c3ccccc3)N=C(C(C)=O)N2C1c1ccc(Cl)cc1. The molecule has 0 aromatic heterocycles. The minimum absolute atomic E-state index is 0.173. The Morgan fingerprint density at radius 1 is 0.944 bits per heavy atom. The van der Waals surface area contributed by atoms with Crippen LogP contribution in [-0.4, -0.2) is 35.1 Å². The van der Waals surface area contributed by atoms with Crippen molar-refractivity contribution in [1.82, 2.24) is 4.90 Å². The predicted molar refractivity (Wildman–Crippen MR) is 140 cm³/mol.